The van der Waals surface area contributed by atoms with E-state index < -0.39 is 5.24 Å². The number of carbonyl (C=O) groups excluding carboxylic acids is 1. The van der Waals surface area contributed by atoms with Crippen LogP contribution in [0.15, 0.2) is 128 Å². The van der Waals surface area contributed by atoms with Crippen molar-refractivity contribution >= 4 is 16.8 Å². The van der Waals surface area contributed by atoms with Crippen molar-refractivity contribution < 1.29 is 24.6 Å². The van der Waals surface area contributed by atoms with E-state index in [4.69, 9.17) is 11.6 Å². The Kier molecular flexibility index (Phi) is 11.2. The fourth-order valence-corrected chi connectivity index (χ4v) is 3.16. The van der Waals surface area contributed by atoms with Gasteiger partial charge in [0.15, 0.2) is 11.6 Å². The normalized spacial score (nSPS) is 9.61. The van der Waals surface area contributed by atoms with Crippen LogP contribution in [0.4, 0.5) is 0 Å². The Bertz CT molecular complexity index is 1410. The minimum atomic E-state index is -0.471. The average Bonchev–Trinajstić information content (AvgIpc) is 3.71. The van der Waals surface area contributed by atoms with Crippen LogP contribution in [0.2, 0.25) is 0 Å². The number of nitrogens with zero attached hydrogens (tertiary/aromatic N) is 7. The van der Waals surface area contributed by atoms with E-state index in [0.29, 0.717) is 5.56 Å². The molecule has 0 fully saturated rings. The minimum Gasteiger partial charge on any atom is -0.305 e. The fraction of sp³-hybridized carbons (Fsp3) is 0. The first-order chi connectivity index (χ1) is 18.2. The van der Waals surface area contributed by atoms with Crippen molar-refractivity contribution in [2.75, 3.05) is 0 Å². The summed E-state index contributed by atoms with van der Waals surface area (Å²) in [5.74, 6) is 1.69. The van der Waals surface area contributed by atoms with Crippen molar-refractivity contribution in [1.82, 2.24) is 34.5 Å². The SMILES string of the molecule is O=C(Cl)c1cc[c-]c(-c2ccccn2)c1.[Os+].c1ccc(-n2cccn2)nc1.c1ccc(-n2cccn2)nc1. The topological polar surface area (TPSA) is 91.4 Å². The van der Waals surface area contributed by atoms with E-state index in [1.165, 1.54) is 0 Å². The molecule has 0 aliphatic heterocycles. The van der Waals surface area contributed by atoms with Gasteiger partial charge in [-0.3, -0.25) is 4.79 Å². The monoisotopic (exact) mass is 698 g/mol. The van der Waals surface area contributed by atoms with E-state index in [9.17, 15) is 4.79 Å². The molecule has 5 aromatic heterocycles. The van der Waals surface area contributed by atoms with E-state index in [1.54, 1.807) is 58.5 Å². The van der Waals surface area contributed by atoms with E-state index in [1.807, 2.05) is 79.1 Å². The van der Waals surface area contributed by atoms with Gasteiger partial charge in [0, 0.05) is 43.4 Å². The molecule has 0 spiro atoms. The Morgan fingerprint density at radius 2 is 1.24 bits per heavy atom. The van der Waals surface area contributed by atoms with Crippen LogP contribution in [-0.2, 0) is 19.8 Å². The molecule has 5 heterocycles. The number of aromatic nitrogens is 7. The zero-order valence-corrected chi connectivity index (χ0v) is 23.2. The van der Waals surface area contributed by atoms with Crippen LogP contribution >= 0.6 is 11.6 Å². The summed E-state index contributed by atoms with van der Waals surface area (Å²) in [6.45, 7) is 0. The van der Waals surface area contributed by atoms with Crippen LogP contribution in [0.25, 0.3) is 22.9 Å². The zero-order chi connectivity index (χ0) is 25.7. The first-order valence-corrected chi connectivity index (χ1v) is 11.5. The summed E-state index contributed by atoms with van der Waals surface area (Å²) < 4.78 is 3.44. The molecule has 0 saturated carbocycles. The minimum absolute atomic E-state index is 0. The Hall–Kier alpha value is -4.31. The van der Waals surface area contributed by atoms with Crippen LogP contribution in [0.3, 0.4) is 0 Å². The maximum absolute atomic E-state index is 11.0. The number of halogens is 1. The second kappa shape index (κ2) is 15.1. The maximum atomic E-state index is 11.0. The Morgan fingerprint density at radius 1 is 0.684 bits per heavy atom. The van der Waals surface area contributed by atoms with Gasteiger partial charge in [-0.1, -0.05) is 24.3 Å². The van der Waals surface area contributed by atoms with E-state index in [0.717, 1.165) is 22.9 Å². The second-order valence-corrected chi connectivity index (χ2v) is 7.60. The van der Waals surface area contributed by atoms with E-state index in [2.05, 4.69) is 31.2 Å². The third-order valence-electron chi connectivity index (χ3n) is 4.75. The molecule has 0 amide bonds. The smallest absolute Gasteiger partial charge is 0.305 e. The average molecular weight is 697 g/mol. The number of carbonyl (C=O) groups is 1. The number of rotatable bonds is 4. The summed E-state index contributed by atoms with van der Waals surface area (Å²) in [6, 6.07) is 28.7. The predicted octanol–water partition coefficient (Wildman–Crippen LogP) is 5.46. The van der Waals surface area contributed by atoms with Gasteiger partial charge in [0.1, 0.15) is 0 Å². The summed E-state index contributed by atoms with van der Waals surface area (Å²) in [6.07, 6.45) is 12.4. The predicted molar refractivity (Wildman–Crippen MR) is 141 cm³/mol. The Morgan fingerprint density at radius 3 is 1.66 bits per heavy atom. The Balaban J connectivity index is 0.000000158. The van der Waals surface area contributed by atoms with Gasteiger partial charge in [0.25, 0.3) is 0 Å². The number of hydrogen-bond acceptors (Lipinski definition) is 6. The molecular formula is C28H21ClN7OOs. The standard InChI is InChI=1S/C12H7ClNO.2C8H7N3.Os/c13-12(15)10-5-3-4-9(8-10)11-6-1-2-7-14-11;2*1-2-5-9-8(4-1)11-7-3-6-10-11;/h1-3,5-8H;2*1-7H;/q-1;;;+1. The molecule has 0 bridgehead atoms. The third-order valence-corrected chi connectivity index (χ3v) is 4.96. The largest absolute Gasteiger partial charge is 1.00 e. The Labute approximate surface area is 238 Å². The van der Waals surface area contributed by atoms with Crippen LogP contribution in [-0.4, -0.2) is 39.8 Å². The molecule has 0 unspecified atom stereocenters. The molecule has 0 aliphatic rings. The maximum Gasteiger partial charge on any atom is 1.00 e. The van der Waals surface area contributed by atoms with Gasteiger partial charge in [-0.25, -0.2) is 19.3 Å². The van der Waals surface area contributed by atoms with Gasteiger partial charge in [0.2, 0.25) is 5.24 Å². The van der Waals surface area contributed by atoms with Crippen molar-refractivity contribution in [2.45, 2.75) is 0 Å². The molecule has 0 saturated heterocycles. The molecule has 10 heteroatoms. The number of benzene rings is 1. The number of pyridine rings is 3. The van der Waals surface area contributed by atoms with Gasteiger partial charge < -0.3 is 4.98 Å². The molecule has 1 aromatic carbocycles. The summed E-state index contributed by atoms with van der Waals surface area (Å²) in [5.41, 5.74) is 2.00. The van der Waals surface area contributed by atoms with Crippen molar-refractivity contribution in [3.05, 3.63) is 140 Å². The van der Waals surface area contributed by atoms with Crippen molar-refractivity contribution in [3.8, 4) is 22.9 Å². The van der Waals surface area contributed by atoms with E-state index in [-0.39, 0.29) is 19.8 Å². The second-order valence-electron chi connectivity index (χ2n) is 7.26. The molecule has 0 N–H and O–H groups in total. The van der Waals surface area contributed by atoms with Gasteiger partial charge in [-0.05, 0) is 65.3 Å². The van der Waals surface area contributed by atoms with Gasteiger partial charge in [-0.2, -0.15) is 10.2 Å². The summed E-state index contributed by atoms with van der Waals surface area (Å²) in [5, 5.41) is 7.61. The molecule has 8 nitrogen and oxygen atoms in total. The zero-order valence-electron chi connectivity index (χ0n) is 19.9. The summed E-state index contributed by atoms with van der Waals surface area (Å²) in [7, 11) is 0. The van der Waals surface area contributed by atoms with Crippen LogP contribution in [0.1, 0.15) is 10.4 Å². The molecule has 0 atom stereocenters. The van der Waals surface area contributed by atoms with Crippen molar-refractivity contribution in [3.63, 3.8) is 0 Å². The van der Waals surface area contributed by atoms with Crippen LogP contribution in [0, 0.1) is 6.07 Å². The first-order valence-electron chi connectivity index (χ1n) is 11.2. The van der Waals surface area contributed by atoms with Gasteiger partial charge >= 0.3 is 19.8 Å². The molecule has 189 valence electrons. The fourth-order valence-electron chi connectivity index (χ4n) is 3.05. The third kappa shape index (κ3) is 8.38. The van der Waals surface area contributed by atoms with Crippen molar-refractivity contribution in [1.29, 1.82) is 0 Å². The molecule has 6 aromatic rings. The summed E-state index contributed by atoms with van der Waals surface area (Å²) >= 11 is 5.39. The van der Waals surface area contributed by atoms with Gasteiger partial charge in [-0.15, -0.1) is 29.8 Å². The molecule has 6 rings (SSSR count). The van der Waals surface area contributed by atoms with E-state index >= 15 is 0 Å². The summed E-state index contributed by atoms with van der Waals surface area (Å²) in [4.78, 5) is 23.4. The van der Waals surface area contributed by atoms with Crippen molar-refractivity contribution in [2.24, 2.45) is 0 Å². The first kappa shape index (κ1) is 28.3. The number of hydrogen-bond donors (Lipinski definition) is 0. The molecule has 38 heavy (non-hydrogen) atoms. The molecular weight excluding hydrogens is 676 g/mol. The van der Waals surface area contributed by atoms with Crippen LogP contribution < -0.4 is 0 Å². The van der Waals surface area contributed by atoms with Crippen LogP contribution in [0.5, 0.6) is 0 Å². The van der Waals surface area contributed by atoms with Gasteiger partial charge in [0.05, 0.1) is 0 Å². The molecule has 1 radical (unpaired) electrons. The quantitative estimate of drug-likeness (QED) is 0.180. The molecule has 0 aliphatic carbocycles.